The number of carbonyl (C=O) groups is 1. The van der Waals surface area contributed by atoms with Crippen LogP contribution in [-0.4, -0.2) is 67.3 Å². The van der Waals surface area contributed by atoms with Gasteiger partial charge in [-0.25, -0.2) is 4.79 Å². The van der Waals surface area contributed by atoms with Gasteiger partial charge >= 0.3 is 6.09 Å². The normalized spacial score (nSPS) is 19.6. The van der Waals surface area contributed by atoms with E-state index in [0.29, 0.717) is 6.04 Å². The molecular weight excluding hydrogens is 266 g/mol. The van der Waals surface area contributed by atoms with Crippen LogP contribution < -0.4 is 5.32 Å². The van der Waals surface area contributed by atoms with Crippen molar-refractivity contribution in [2.45, 2.75) is 64.6 Å². The quantitative estimate of drug-likeness (QED) is 0.846. The second-order valence-electron chi connectivity index (χ2n) is 7.35. The van der Waals surface area contributed by atoms with Crippen LogP contribution in [0.15, 0.2) is 0 Å². The summed E-state index contributed by atoms with van der Waals surface area (Å²) in [5.74, 6) is 0. The first-order valence-corrected chi connectivity index (χ1v) is 8.05. The Kier molecular flexibility index (Phi) is 6.94. The lowest BCUT2D eigenvalue weighted by molar-refractivity contribution is 0.0501. The highest BCUT2D eigenvalue weighted by Gasteiger charge is 2.21. The fourth-order valence-corrected chi connectivity index (χ4v) is 2.60. The minimum absolute atomic E-state index is 0.133. The van der Waals surface area contributed by atoms with E-state index in [0.717, 1.165) is 13.0 Å². The molecule has 0 saturated carbocycles. The smallest absolute Gasteiger partial charge is 0.407 e. The van der Waals surface area contributed by atoms with Gasteiger partial charge in [-0.3, -0.25) is 0 Å². The Balaban J connectivity index is 2.23. The van der Waals surface area contributed by atoms with Gasteiger partial charge in [-0.15, -0.1) is 0 Å². The van der Waals surface area contributed by atoms with E-state index >= 15 is 0 Å². The van der Waals surface area contributed by atoms with E-state index in [4.69, 9.17) is 4.74 Å². The fourth-order valence-electron chi connectivity index (χ4n) is 2.60. The van der Waals surface area contributed by atoms with Crippen molar-refractivity contribution in [3.05, 3.63) is 0 Å². The predicted molar refractivity (Wildman–Crippen MR) is 86.6 cm³/mol. The molecule has 1 aliphatic rings. The van der Waals surface area contributed by atoms with Crippen LogP contribution in [0.3, 0.4) is 0 Å². The predicted octanol–water partition coefficient (Wildman–Crippen LogP) is 2.32. The van der Waals surface area contributed by atoms with Gasteiger partial charge in [0.1, 0.15) is 5.60 Å². The second-order valence-corrected chi connectivity index (χ2v) is 7.35. The van der Waals surface area contributed by atoms with E-state index in [1.807, 2.05) is 27.7 Å². The highest BCUT2D eigenvalue weighted by Crippen LogP contribution is 2.14. The maximum atomic E-state index is 11.7. The van der Waals surface area contributed by atoms with Crippen LogP contribution in [0.4, 0.5) is 4.79 Å². The van der Waals surface area contributed by atoms with Crippen LogP contribution >= 0.6 is 0 Å². The van der Waals surface area contributed by atoms with Crippen LogP contribution in [-0.2, 0) is 4.74 Å². The molecule has 0 aromatic rings. The average molecular weight is 299 g/mol. The summed E-state index contributed by atoms with van der Waals surface area (Å²) in [5, 5.41) is 2.91. The topological polar surface area (TPSA) is 44.8 Å². The largest absolute Gasteiger partial charge is 0.444 e. The SMILES string of the molecule is CC(CCN(C)C1CCN(C)CC1)NC(=O)OC(C)(C)C. The number of piperidine rings is 1. The van der Waals surface area contributed by atoms with E-state index < -0.39 is 5.60 Å². The number of nitrogens with one attached hydrogen (secondary N) is 1. The molecule has 0 aromatic heterocycles. The first-order chi connectivity index (χ1) is 9.67. The molecule has 21 heavy (non-hydrogen) atoms. The van der Waals surface area contributed by atoms with Crippen LogP contribution in [0.25, 0.3) is 0 Å². The van der Waals surface area contributed by atoms with Crippen molar-refractivity contribution in [2.24, 2.45) is 0 Å². The zero-order valence-electron chi connectivity index (χ0n) is 14.6. The molecule has 5 heteroatoms. The van der Waals surface area contributed by atoms with Gasteiger partial charge < -0.3 is 19.9 Å². The van der Waals surface area contributed by atoms with E-state index in [-0.39, 0.29) is 12.1 Å². The van der Waals surface area contributed by atoms with Crippen molar-refractivity contribution in [3.8, 4) is 0 Å². The van der Waals surface area contributed by atoms with Crippen molar-refractivity contribution < 1.29 is 9.53 Å². The number of hydrogen-bond acceptors (Lipinski definition) is 4. The molecule has 1 amide bonds. The zero-order chi connectivity index (χ0) is 16.0. The van der Waals surface area contributed by atoms with Crippen LogP contribution in [0.5, 0.6) is 0 Å². The van der Waals surface area contributed by atoms with Crippen molar-refractivity contribution in [1.29, 1.82) is 0 Å². The Labute approximate surface area is 130 Å². The van der Waals surface area contributed by atoms with Gasteiger partial charge in [0.05, 0.1) is 0 Å². The van der Waals surface area contributed by atoms with Gasteiger partial charge in [-0.05, 0) is 74.1 Å². The Morgan fingerprint density at radius 3 is 2.48 bits per heavy atom. The van der Waals surface area contributed by atoms with Crippen molar-refractivity contribution >= 4 is 6.09 Å². The number of nitrogens with zero attached hydrogens (tertiary/aromatic N) is 2. The third-order valence-electron chi connectivity index (χ3n) is 3.99. The van der Waals surface area contributed by atoms with E-state index in [1.165, 1.54) is 25.9 Å². The van der Waals surface area contributed by atoms with Gasteiger partial charge in [-0.1, -0.05) is 0 Å². The summed E-state index contributed by atoms with van der Waals surface area (Å²) in [7, 11) is 4.37. The number of alkyl carbamates (subject to hydrolysis) is 1. The summed E-state index contributed by atoms with van der Waals surface area (Å²) >= 11 is 0. The third-order valence-corrected chi connectivity index (χ3v) is 3.99. The molecule has 5 nitrogen and oxygen atoms in total. The van der Waals surface area contributed by atoms with E-state index in [2.05, 4.69) is 29.2 Å². The maximum absolute atomic E-state index is 11.7. The fraction of sp³-hybridized carbons (Fsp3) is 0.938. The lowest BCUT2D eigenvalue weighted by Crippen LogP contribution is -2.44. The van der Waals surface area contributed by atoms with Gasteiger partial charge in [0.2, 0.25) is 0 Å². The molecule has 1 rings (SSSR count). The Bertz CT molecular complexity index is 320. The minimum atomic E-state index is -0.436. The lowest BCUT2D eigenvalue weighted by atomic mass is 10.0. The molecule has 0 bridgehead atoms. The Morgan fingerprint density at radius 2 is 1.95 bits per heavy atom. The maximum Gasteiger partial charge on any atom is 0.407 e. The summed E-state index contributed by atoms with van der Waals surface area (Å²) in [6, 6.07) is 0.809. The van der Waals surface area contributed by atoms with E-state index in [1.54, 1.807) is 0 Å². The van der Waals surface area contributed by atoms with Gasteiger partial charge in [0, 0.05) is 18.6 Å². The number of likely N-dealkylation sites (tertiary alicyclic amines) is 1. The standard InChI is InChI=1S/C16H33N3O2/c1-13(17-15(20)21-16(2,3)4)7-12-19(6)14-8-10-18(5)11-9-14/h13-14H,7-12H2,1-6H3,(H,17,20). The molecule has 1 fully saturated rings. The molecule has 1 N–H and O–H groups in total. The minimum Gasteiger partial charge on any atom is -0.444 e. The molecule has 0 radical (unpaired) electrons. The summed E-state index contributed by atoms with van der Waals surface area (Å²) in [6.45, 7) is 11.0. The molecule has 1 atom stereocenters. The highest BCUT2D eigenvalue weighted by molar-refractivity contribution is 5.67. The van der Waals surface area contributed by atoms with Crippen molar-refractivity contribution in [3.63, 3.8) is 0 Å². The number of hydrogen-bond donors (Lipinski definition) is 1. The molecule has 1 saturated heterocycles. The number of amides is 1. The average Bonchev–Trinajstić information content (AvgIpc) is 2.34. The molecule has 0 aliphatic carbocycles. The first-order valence-electron chi connectivity index (χ1n) is 8.05. The van der Waals surface area contributed by atoms with Crippen molar-refractivity contribution in [1.82, 2.24) is 15.1 Å². The molecule has 1 aliphatic heterocycles. The van der Waals surface area contributed by atoms with Gasteiger partial charge in [-0.2, -0.15) is 0 Å². The molecule has 0 spiro atoms. The molecule has 1 unspecified atom stereocenters. The number of carbonyl (C=O) groups excluding carboxylic acids is 1. The molecular formula is C16H33N3O2. The van der Waals surface area contributed by atoms with Crippen LogP contribution in [0.2, 0.25) is 0 Å². The third kappa shape index (κ3) is 7.67. The number of ether oxygens (including phenoxy) is 1. The lowest BCUT2D eigenvalue weighted by Gasteiger charge is -2.35. The summed E-state index contributed by atoms with van der Waals surface area (Å²) in [5.41, 5.74) is -0.436. The van der Waals surface area contributed by atoms with Gasteiger partial charge in [0.25, 0.3) is 0 Å². The summed E-state index contributed by atoms with van der Waals surface area (Å²) in [6.07, 6.45) is 3.10. The number of rotatable bonds is 5. The Hall–Kier alpha value is -0.810. The van der Waals surface area contributed by atoms with Crippen LogP contribution in [0, 0.1) is 0 Å². The van der Waals surface area contributed by atoms with Gasteiger partial charge in [0.15, 0.2) is 0 Å². The van der Waals surface area contributed by atoms with E-state index in [9.17, 15) is 4.79 Å². The second kappa shape index (κ2) is 7.99. The van der Waals surface area contributed by atoms with Crippen LogP contribution in [0.1, 0.15) is 47.0 Å². The first kappa shape index (κ1) is 18.2. The van der Waals surface area contributed by atoms with Crippen molar-refractivity contribution in [2.75, 3.05) is 33.7 Å². The monoisotopic (exact) mass is 299 g/mol. The highest BCUT2D eigenvalue weighted by atomic mass is 16.6. The Morgan fingerprint density at radius 1 is 1.38 bits per heavy atom. The molecule has 124 valence electrons. The summed E-state index contributed by atoms with van der Waals surface area (Å²) in [4.78, 5) is 16.5. The summed E-state index contributed by atoms with van der Waals surface area (Å²) < 4.78 is 5.27. The molecule has 0 aromatic carbocycles. The zero-order valence-corrected chi connectivity index (χ0v) is 14.6. The molecule has 1 heterocycles.